The van der Waals surface area contributed by atoms with Crippen molar-refractivity contribution in [2.45, 2.75) is 6.92 Å². The van der Waals surface area contributed by atoms with E-state index in [0.29, 0.717) is 17.8 Å². The molecule has 0 aromatic heterocycles. The Kier molecular flexibility index (Phi) is 2.92. The highest BCUT2D eigenvalue weighted by Gasteiger charge is 2.04. The van der Waals surface area contributed by atoms with E-state index in [0.717, 1.165) is 5.12 Å². The Morgan fingerprint density at radius 2 is 2.54 bits per heavy atom. The van der Waals surface area contributed by atoms with Crippen LogP contribution in [0, 0.1) is 0 Å². The zero-order chi connectivity index (χ0) is 9.84. The van der Waals surface area contributed by atoms with Gasteiger partial charge in [-0.3, -0.25) is 0 Å². The maximum absolute atomic E-state index is 12.5. The molecule has 0 unspecified atom stereocenters. The van der Waals surface area contributed by atoms with Gasteiger partial charge in [0.1, 0.15) is 0 Å². The second-order valence-corrected chi connectivity index (χ2v) is 2.68. The molecule has 1 aliphatic rings. The summed E-state index contributed by atoms with van der Waals surface area (Å²) >= 11 is 0. The first-order valence-electron chi connectivity index (χ1n) is 3.75. The first kappa shape index (κ1) is 9.60. The lowest BCUT2D eigenvalue weighted by molar-refractivity contribution is 0.368. The maximum Gasteiger partial charge on any atom is 0.0972 e. The zero-order valence-corrected chi connectivity index (χ0v) is 7.37. The molecule has 0 saturated heterocycles. The van der Waals surface area contributed by atoms with Crippen LogP contribution in [0.25, 0.3) is 0 Å². The summed E-state index contributed by atoms with van der Waals surface area (Å²) in [6.07, 6.45) is 3.02. The van der Waals surface area contributed by atoms with Gasteiger partial charge in [-0.1, -0.05) is 11.8 Å². The second-order valence-electron chi connectivity index (χ2n) is 2.68. The molecule has 13 heavy (non-hydrogen) atoms. The van der Waals surface area contributed by atoms with E-state index in [1.54, 1.807) is 6.08 Å². The van der Waals surface area contributed by atoms with Crippen LogP contribution in [-0.4, -0.2) is 11.7 Å². The summed E-state index contributed by atoms with van der Waals surface area (Å²) in [4.78, 5) is 0. The number of rotatable bonds is 1. The van der Waals surface area contributed by atoms with Crippen LogP contribution in [0.1, 0.15) is 6.92 Å². The molecule has 0 aromatic rings. The SMILES string of the molecule is C=C1C=C(/C=C(\C)F)CN=NN1N. The average Bonchev–Trinajstić information content (AvgIpc) is 2.14. The van der Waals surface area contributed by atoms with Gasteiger partial charge in [0.15, 0.2) is 0 Å². The van der Waals surface area contributed by atoms with E-state index in [9.17, 15) is 4.39 Å². The fourth-order valence-corrected chi connectivity index (χ4v) is 0.907. The molecule has 0 radical (unpaired) electrons. The van der Waals surface area contributed by atoms with Crippen LogP contribution in [0.5, 0.6) is 0 Å². The van der Waals surface area contributed by atoms with Gasteiger partial charge in [0.25, 0.3) is 0 Å². The minimum atomic E-state index is -0.278. The lowest BCUT2D eigenvalue weighted by Gasteiger charge is -2.07. The molecule has 0 aliphatic carbocycles. The molecule has 1 heterocycles. The molecule has 2 N–H and O–H groups in total. The van der Waals surface area contributed by atoms with Crippen LogP contribution in [0.4, 0.5) is 4.39 Å². The number of hydrazine groups is 1. The van der Waals surface area contributed by atoms with Gasteiger partial charge < -0.3 is 0 Å². The Morgan fingerprint density at radius 3 is 3.15 bits per heavy atom. The summed E-state index contributed by atoms with van der Waals surface area (Å²) in [5.74, 6) is 5.11. The largest absolute Gasteiger partial charge is 0.225 e. The number of hydrogen-bond donors (Lipinski definition) is 1. The number of nitrogens with two attached hydrogens (primary N) is 1. The summed E-state index contributed by atoms with van der Waals surface area (Å²) in [5, 5.41) is 8.37. The molecule has 0 spiro atoms. The third-order valence-corrected chi connectivity index (χ3v) is 1.44. The smallest absolute Gasteiger partial charge is 0.0972 e. The standard InChI is InChI=1S/C8H11FN4/c1-6(9)3-8-4-7(2)13(10)12-11-5-8/h3-4H,2,5,10H2,1H3/b6-3+. The Balaban J connectivity index is 2.88. The Hall–Kier alpha value is -1.49. The van der Waals surface area contributed by atoms with E-state index in [1.807, 2.05) is 0 Å². The molecule has 0 atom stereocenters. The van der Waals surface area contributed by atoms with E-state index < -0.39 is 0 Å². The summed E-state index contributed by atoms with van der Waals surface area (Å²) in [5.41, 5.74) is 1.18. The second kappa shape index (κ2) is 3.95. The van der Waals surface area contributed by atoms with E-state index in [-0.39, 0.29) is 5.83 Å². The maximum atomic E-state index is 12.5. The highest BCUT2D eigenvalue weighted by Crippen LogP contribution is 2.12. The molecule has 0 saturated carbocycles. The molecule has 0 amide bonds. The van der Waals surface area contributed by atoms with Crippen molar-refractivity contribution in [2.24, 2.45) is 16.2 Å². The van der Waals surface area contributed by atoms with Gasteiger partial charge in [-0.15, -0.1) is 0 Å². The molecule has 0 bridgehead atoms. The van der Waals surface area contributed by atoms with Crippen molar-refractivity contribution in [2.75, 3.05) is 6.54 Å². The zero-order valence-electron chi connectivity index (χ0n) is 7.37. The summed E-state index contributed by atoms with van der Waals surface area (Å²) < 4.78 is 12.5. The first-order chi connectivity index (χ1) is 6.09. The van der Waals surface area contributed by atoms with Crippen LogP contribution in [0.15, 0.2) is 46.2 Å². The molecule has 5 heteroatoms. The lowest BCUT2D eigenvalue weighted by atomic mass is 10.2. The predicted molar refractivity (Wildman–Crippen MR) is 47.8 cm³/mol. The van der Waals surface area contributed by atoms with Crippen molar-refractivity contribution in [1.29, 1.82) is 0 Å². The predicted octanol–water partition coefficient (Wildman–Crippen LogP) is 1.86. The van der Waals surface area contributed by atoms with Crippen molar-refractivity contribution in [1.82, 2.24) is 5.12 Å². The summed E-state index contributed by atoms with van der Waals surface area (Å²) in [7, 11) is 0. The third kappa shape index (κ3) is 2.79. The molecule has 70 valence electrons. The van der Waals surface area contributed by atoms with Crippen LogP contribution < -0.4 is 5.84 Å². The normalized spacial score (nSPS) is 18.7. The highest BCUT2D eigenvalue weighted by molar-refractivity contribution is 5.30. The van der Waals surface area contributed by atoms with E-state index >= 15 is 0 Å². The number of hydrogen-bond acceptors (Lipinski definition) is 4. The Bertz CT molecular complexity index is 299. The van der Waals surface area contributed by atoms with Crippen molar-refractivity contribution in [3.63, 3.8) is 0 Å². The van der Waals surface area contributed by atoms with Crippen molar-refractivity contribution in [3.8, 4) is 0 Å². The average molecular weight is 182 g/mol. The van der Waals surface area contributed by atoms with E-state index in [1.165, 1.54) is 13.0 Å². The molecular formula is C8H11FN4. The van der Waals surface area contributed by atoms with Crippen LogP contribution in [0.2, 0.25) is 0 Å². The monoisotopic (exact) mass is 182 g/mol. The van der Waals surface area contributed by atoms with Gasteiger partial charge >= 0.3 is 0 Å². The van der Waals surface area contributed by atoms with Crippen LogP contribution >= 0.6 is 0 Å². The summed E-state index contributed by atoms with van der Waals surface area (Å²) in [6.45, 7) is 5.31. The first-order valence-corrected chi connectivity index (χ1v) is 3.75. The fraction of sp³-hybridized carbons (Fsp3) is 0.250. The van der Waals surface area contributed by atoms with Gasteiger partial charge in [0.2, 0.25) is 0 Å². The number of nitrogens with zero attached hydrogens (tertiary/aromatic N) is 3. The minimum absolute atomic E-state index is 0.278. The van der Waals surface area contributed by atoms with Gasteiger partial charge in [-0.05, 0) is 24.6 Å². The number of halogens is 1. The number of allylic oxidation sites excluding steroid dienone is 2. The van der Waals surface area contributed by atoms with Gasteiger partial charge in [0.05, 0.1) is 18.1 Å². The van der Waals surface area contributed by atoms with Gasteiger partial charge in [0, 0.05) is 0 Å². The van der Waals surface area contributed by atoms with Crippen LogP contribution in [-0.2, 0) is 0 Å². The minimum Gasteiger partial charge on any atom is -0.225 e. The Labute approximate surface area is 75.9 Å². The van der Waals surface area contributed by atoms with E-state index in [2.05, 4.69) is 16.9 Å². The molecule has 4 nitrogen and oxygen atoms in total. The van der Waals surface area contributed by atoms with E-state index in [4.69, 9.17) is 5.84 Å². The lowest BCUT2D eigenvalue weighted by Crippen LogP contribution is -2.21. The van der Waals surface area contributed by atoms with Crippen molar-refractivity contribution in [3.05, 3.63) is 35.8 Å². The van der Waals surface area contributed by atoms with Crippen LogP contribution in [0.3, 0.4) is 0 Å². The fourth-order valence-electron chi connectivity index (χ4n) is 0.907. The molecular weight excluding hydrogens is 171 g/mol. The third-order valence-electron chi connectivity index (χ3n) is 1.44. The molecule has 1 aliphatic heterocycles. The quantitative estimate of drug-likeness (QED) is 0.629. The molecule has 1 rings (SSSR count). The van der Waals surface area contributed by atoms with Crippen molar-refractivity contribution < 1.29 is 4.39 Å². The van der Waals surface area contributed by atoms with Crippen molar-refractivity contribution >= 4 is 0 Å². The highest BCUT2D eigenvalue weighted by atomic mass is 19.1. The molecule has 0 fully saturated rings. The topological polar surface area (TPSA) is 54.0 Å². The Morgan fingerprint density at radius 1 is 1.85 bits per heavy atom. The summed E-state index contributed by atoms with van der Waals surface area (Å²) in [6, 6.07) is 0. The van der Waals surface area contributed by atoms with Gasteiger partial charge in [-0.25, -0.2) is 10.2 Å². The van der Waals surface area contributed by atoms with Gasteiger partial charge in [-0.2, -0.15) is 10.2 Å². The molecule has 0 aromatic carbocycles.